The number of aromatic nitrogens is 4. The van der Waals surface area contributed by atoms with Crippen LogP contribution in [0, 0.1) is 6.92 Å². The molecular weight excluding hydrogens is 250 g/mol. The highest BCUT2D eigenvalue weighted by molar-refractivity contribution is 5.53. The van der Waals surface area contributed by atoms with Crippen molar-refractivity contribution in [1.29, 1.82) is 0 Å². The van der Waals surface area contributed by atoms with Gasteiger partial charge in [0.2, 0.25) is 5.95 Å². The Kier molecular flexibility index (Phi) is 3.25. The van der Waals surface area contributed by atoms with Gasteiger partial charge in [0.15, 0.2) is 0 Å². The molecule has 0 aliphatic heterocycles. The van der Waals surface area contributed by atoms with Crippen LogP contribution < -0.4 is 5.32 Å². The Bertz CT molecular complexity index is 696. The number of aryl methyl sites for hydroxylation is 2. The highest BCUT2D eigenvalue weighted by atomic mass is 15.3. The molecule has 3 rings (SSSR count). The molecule has 0 bridgehead atoms. The number of anilines is 2. The molecule has 0 unspecified atom stereocenters. The summed E-state index contributed by atoms with van der Waals surface area (Å²) in [5.41, 5.74) is 3.16. The van der Waals surface area contributed by atoms with E-state index >= 15 is 0 Å². The van der Waals surface area contributed by atoms with Crippen LogP contribution in [0.1, 0.15) is 11.4 Å². The lowest BCUT2D eigenvalue weighted by molar-refractivity contribution is 0.670. The number of hydrogen-bond acceptors (Lipinski definition) is 3. The Morgan fingerprint density at radius 2 is 1.95 bits per heavy atom. The number of nitrogens with one attached hydrogen (secondary N) is 1. The fourth-order valence-corrected chi connectivity index (χ4v) is 2.15. The fraction of sp³-hybridized carbons (Fsp3) is 0.200. The summed E-state index contributed by atoms with van der Waals surface area (Å²) in [5.74, 6) is 0.843. The molecule has 0 spiro atoms. The number of benzene rings is 1. The van der Waals surface area contributed by atoms with Gasteiger partial charge in [-0.3, -0.25) is 4.68 Å². The van der Waals surface area contributed by atoms with Crippen LogP contribution in [-0.2, 0) is 13.6 Å². The minimum atomic E-state index is 0.743. The number of para-hydroxylation sites is 1. The Morgan fingerprint density at radius 3 is 2.65 bits per heavy atom. The fourth-order valence-electron chi connectivity index (χ4n) is 2.15. The number of nitrogens with zero attached hydrogens (tertiary/aromatic N) is 4. The third-order valence-corrected chi connectivity index (χ3v) is 3.18. The van der Waals surface area contributed by atoms with Crippen LogP contribution in [0.15, 0.2) is 48.8 Å². The van der Waals surface area contributed by atoms with Gasteiger partial charge in [0, 0.05) is 25.1 Å². The van der Waals surface area contributed by atoms with E-state index in [-0.39, 0.29) is 0 Å². The number of rotatable bonds is 4. The average molecular weight is 267 g/mol. The van der Waals surface area contributed by atoms with Crippen molar-refractivity contribution in [2.45, 2.75) is 13.5 Å². The third-order valence-electron chi connectivity index (χ3n) is 3.18. The average Bonchev–Trinajstić information content (AvgIpc) is 2.98. The molecule has 5 heteroatoms. The molecule has 5 nitrogen and oxygen atoms in total. The minimum absolute atomic E-state index is 0.743. The molecule has 0 fully saturated rings. The molecule has 102 valence electrons. The van der Waals surface area contributed by atoms with Crippen LogP contribution in [0.25, 0.3) is 0 Å². The first-order valence-corrected chi connectivity index (χ1v) is 6.55. The lowest BCUT2D eigenvalue weighted by Crippen LogP contribution is -2.07. The maximum absolute atomic E-state index is 4.54. The predicted molar refractivity (Wildman–Crippen MR) is 79.0 cm³/mol. The summed E-state index contributed by atoms with van der Waals surface area (Å²) in [4.78, 5) is 4.54. The first kappa shape index (κ1) is 12.5. The lowest BCUT2D eigenvalue weighted by Gasteiger charge is -2.09. The maximum atomic E-state index is 4.54. The van der Waals surface area contributed by atoms with E-state index in [2.05, 4.69) is 20.0 Å². The summed E-state index contributed by atoms with van der Waals surface area (Å²) in [6.07, 6.45) is 3.85. The van der Waals surface area contributed by atoms with E-state index in [0.717, 1.165) is 29.6 Å². The molecule has 0 atom stereocenters. The molecule has 1 aromatic carbocycles. The molecule has 2 aromatic heterocycles. The zero-order valence-corrected chi connectivity index (χ0v) is 11.6. The predicted octanol–water partition coefficient (Wildman–Crippen LogP) is 2.72. The van der Waals surface area contributed by atoms with Crippen molar-refractivity contribution >= 4 is 11.6 Å². The first-order valence-electron chi connectivity index (χ1n) is 6.55. The lowest BCUT2D eigenvalue weighted by atomic mass is 10.3. The van der Waals surface area contributed by atoms with Gasteiger partial charge in [-0.1, -0.05) is 18.2 Å². The molecular formula is C15H17N5. The van der Waals surface area contributed by atoms with Gasteiger partial charge in [-0.25, -0.2) is 4.98 Å². The second-order valence-corrected chi connectivity index (χ2v) is 4.77. The van der Waals surface area contributed by atoms with E-state index < -0.39 is 0 Å². The third kappa shape index (κ3) is 2.56. The van der Waals surface area contributed by atoms with E-state index in [4.69, 9.17) is 0 Å². The van der Waals surface area contributed by atoms with E-state index in [9.17, 15) is 0 Å². The molecule has 0 aliphatic carbocycles. The van der Waals surface area contributed by atoms with Crippen LogP contribution in [0.5, 0.6) is 0 Å². The molecule has 0 saturated carbocycles. The zero-order chi connectivity index (χ0) is 13.9. The Balaban J connectivity index is 1.87. The Labute approximate surface area is 117 Å². The molecule has 0 saturated heterocycles. The Hall–Kier alpha value is -2.56. The molecule has 2 heterocycles. The summed E-state index contributed by atoms with van der Waals surface area (Å²) < 4.78 is 3.97. The van der Waals surface area contributed by atoms with Gasteiger partial charge >= 0.3 is 0 Å². The van der Waals surface area contributed by atoms with Crippen molar-refractivity contribution in [3.8, 4) is 0 Å². The van der Waals surface area contributed by atoms with E-state index in [0.29, 0.717) is 0 Å². The van der Waals surface area contributed by atoms with Crippen molar-refractivity contribution in [2.24, 2.45) is 7.05 Å². The van der Waals surface area contributed by atoms with Gasteiger partial charge in [0.05, 0.1) is 17.9 Å². The highest BCUT2D eigenvalue weighted by Crippen LogP contribution is 2.17. The maximum Gasteiger partial charge on any atom is 0.207 e. The van der Waals surface area contributed by atoms with Gasteiger partial charge in [-0.15, -0.1) is 0 Å². The first-order chi connectivity index (χ1) is 9.72. The topological polar surface area (TPSA) is 47.7 Å². The number of hydrogen-bond donors (Lipinski definition) is 1. The summed E-state index contributed by atoms with van der Waals surface area (Å²) in [7, 11) is 1.95. The van der Waals surface area contributed by atoms with Crippen LogP contribution in [0.4, 0.5) is 11.6 Å². The molecule has 0 radical (unpaired) electrons. The van der Waals surface area contributed by atoms with Crippen molar-refractivity contribution in [3.05, 3.63) is 60.2 Å². The highest BCUT2D eigenvalue weighted by Gasteiger charge is 2.08. The van der Waals surface area contributed by atoms with Crippen molar-refractivity contribution < 1.29 is 0 Å². The molecule has 3 aromatic rings. The van der Waals surface area contributed by atoms with Crippen LogP contribution in [0.3, 0.4) is 0 Å². The molecule has 0 aliphatic rings. The van der Waals surface area contributed by atoms with E-state index in [1.165, 1.54) is 0 Å². The van der Waals surface area contributed by atoms with E-state index in [1.54, 1.807) is 0 Å². The Morgan fingerprint density at radius 1 is 1.15 bits per heavy atom. The quantitative estimate of drug-likeness (QED) is 0.790. The van der Waals surface area contributed by atoms with Gasteiger partial charge in [0.1, 0.15) is 0 Å². The summed E-state index contributed by atoms with van der Waals surface area (Å²) >= 11 is 0. The summed E-state index contributed by atoms with van der Waals surface area (Å²) in [6.45, 7) is 2.74. The normalized spacial score (nSPS) is 10.7. The van der Waals surface area contributed by atoms with Crippen molar-refractivity contribution in [2.75, 3.05) is 5.32 Å². The standard InChI is InChI=1S/C15H17N5/c1-12-10-20(11-14-8-9-16-19(14)2)15(17-12)18-13-6-4-3-5-7-13/h3-10H,11H2,1-2H3,(H,17,18). The largest absolute Gasteiger partial charge is 0.326 e. The second-order valence-electron chi connectivity index (χ2n) is 4.77. The van der Waals surface area contributed by atoms with Crippen LogP contribution in [0.2, 0.25) is 0 Å². The SMILES string of the molecule is Cc1cn(Cc2ccnn2C)c(Nc2ccccc2)n1. The van der Waals surface area contributed by atoms with Crippen molar-refractivity contribution in [3.63, 3.8) is 0 Å². The van der Waals surface area contributed by atoms with Gasteiger partial charge < -0.3 is 9.88 Å². The monoisotopic (exact) mass is 267 g/mol. The van der Waals surface area contributed by atoms with Crippen LogP contribution in [-0.4, -0.2) is 19.3 Å². The van der Waals surface area contributed by atoms with E-state index in [1.807, 2.05) is 67.4 Å². The summed E-state index contributed by atoms with van der Waals surface area (Å²) in [6, 6.07) is 12.1. The van der Waals surface area contributed by atoms with Gasteiger partial charge in [-0.05, 0) is 25.1 Å². The van der Waals surface area contributed by atoms with Gasteiger partial charge in [-0.2, -0.15) is 5.10 Å². The second kappa shape index (κ2) is 5.21. The number of imidazole rings is 1. The van der Waals surface area contributed by atoms with Gasteiger partial charge in [0.25, 0.3) is 0 Å². The summed E-state index contributed by atoms with van der Waals surface area (Å²) in [5, 5.41) is 7.54. The molecule has 20 heavy (non-hydrogen) atoms. The minimum Gasteiger partial charge on any atom is -0.326 e. The van der Waals surface area contributed by atoms with Crippen LogP contribution >= 0.6 is 0 Å². The zero-order valence-electron chi connectivity index (χ0n) is 11.6. The smallest absolute Gasteiger partial charge is 0.207 e. The molecule has 0 amide bonds. The molecule has 1 N–H and O–H groups in total. The van der Waals surface area contributed by atoms with Crippen molar-refractivity contribution in [1.82, 2.24) is 19.3 Å².